The third-order valence-corrected chi connectivity index (χ3v) is 2.09. The molecule has 0 aliphatic carbocycles. The Balaban J connectivity index is 0. The topological polar surface area (TPSA) is 152 Å². The van der Waals surface area contributed by atoms with Crippen molar-refractivity contribution in [1.29, 1.82) is 0 Å². The van der Waals surface area contributed by atoms with E-state index >= 15 is 0 Å². The van der Waals surface area contributed by atoms with Gasteiger partial charge in [0.1, 0.15) is 0 Å². The maximum Gasteiger partial charge on any atom is 0.692 e. The summed E-state index contributed by atoms with van der Waals surface area (Å²) in [6.07, 6.45) is 0. The largest absolute Gasteiger partial charge is 0.692 e. The van der Waals surface area contributed by atoms with Crippen LogP contribution in [-0.2, 0) is 13.9 Å². The quantitative estimate of drug-likeness (QED) is 0.392. The number of hydrogen-bond acceptors (Lipinski definition) is 3. The minimum Gasteiger partial charge on any atom is -0.481 e. The van der Waals surface area contributed by atoms with Gasteiger partial charge in [-0.3, -0.25) is 9.36 Å². The van der Waals surface area contributed by atoms with Crippen LogP contribution in [0.2, 0.25) is 0 Å². The highest BCUT2D eigenvalue weighted by Crippen LogP contribution is 2.40. The third kappa shape index (κ3) is 11.6. The van der Waals surface area contributed by atoms with Crippen molar-refractivity contribution in [2.75, 3.05) is 0 Å². The van der Waals surface area contributed by atoms with Gasteiger partial charge in [0.25, 0.3) is 0 Å². The molecule has 1 unspecified atom stereocenters. The normalized spacial score (nSPS) is 12.4. The van der Waals surface area contributed by atoms with E-state index in [-0.39, 0.29) is 0 Å². The van der Waals surface area contributed by atoms with E-state index in [0.717, 1.165) is 6.92 Å². The second kappa shape index (κ2) is 6.15. The van der Waals surface area contributed by atoms with E-state index < -0.39 is 27.5 Å². The molecule has 0 aliphatic rings. The van der Waals surface area contributed by atoms with Crippen molar-refractivity contribution in [2.45, 2.75) is 12.6 Å². The molecule has 0 rings (SSSR count). The van der Waals surface area contributed by atoms with Crippen LogP contribution in [0.25, 0.3) is 0 Å². The lowest BCUT2D eigenvalue weighted by molar-refractivity contribution is -0.136. The van der Waals surface area contributed by atoms with Crippen molar-refractivity contribution in [3.05, 3.63) is 0 Å². The van der Waals surface area contributed by atoms with Crippen molar-refractivity contribution in [2.24, 2.45) is 0 Å². The highest BCUT2D eigenvalue weighted by atomic mass is 31.2. The molecule has 10 heteroatoms. The average molecular weight is 235 g/mol. The first-order valence-corrected chi connectivity index (χ1v) is 5.56. The first-order valence-electron chi connectivity index (χ1n) is 2.72. The van der Waals surface area contributed by atoms with Crippen LogP contribution in [0.15, 0.2) is 0 Å². The van der Waals surface area contributed by atoms with Crippen molar-refractivity contribution in [3.8, 4) is 0 Å². The molecule has 78 valence electrons. The summed E-state index contributed by atoms with van der Waals surface area (Å²) in [6.45, 7) is 0.961. The number of carbonyl (C=O) groups is 1. The van der Waals surface area contributed by atoms with E-state index in [1.54, 1.807) is 0 Å². The van der Waals surface area contributed by atoms with E-state index in [2.05, 4.69) is 0 Å². The first-order chi connectivity index (χ1) is 5.59. The van der Waals surface area contributed by atoms with Crippen LogP contribution in [0.3, 0.4) is 0 Å². The maximum atomic E-state index is 10.1. The highest BCUT2D eigenvalue weighted by molar-refractivity contribution is 7.53. The number of aliphatic carboxylic acids is 1. The van der Waals surface area contributed by atoms with Crippen molar-refractivity contribution < 1.29 is 38.6 Å². The Bertz CT molecular complexity index is 226. The molecule has 13 heavy (non-hydrogen) atoms. The van der Waals surface area contributed by atoms with E-state index in [0.29, 0.717) is 0 Å². The second-order valence-corrected chi connectivity index (χ2v) is 4.31. The first kappa shape index (κ1) is 15.1. The van der Waals surface area contributed by atoms with Gasteiger partial charge < -0.3 is 14.9 Å². The van der Waals surface area contributed by atoms with Crippen LogP contribution in [-0.4, -0.2) is 36.3 Å². The maximum absolute atomic E-state index is 10.1. The summed E-state index contributed by atoms with van der Waals surface area (Å²) in [7, 11) is -7.28. The highest BCUT2D eigenvalue weighted by Gasteiger charge is 2.30. The molecule has 0 heterocycles. The van der Waals surface area contributed by atoms with E-state index in [1.807, 2.05) is 0 Å². The van der Waals surface area contributed by atoms with Crippen molar-refractivity contribution >= 4 is 21.8 Å². The molecule has 0 fully saturated rings. The predicted molar refractivity (Wildman–Crippen MR) is 41.2 cm³/mol. The summed E-state index contributed by atoms with van der Waals surface area (Å²) in [6, 6.07) is 0. The molecule has 0 aromatic carbocycles. The summed E-state index contributed by atoms with van der Waals surface area (Å²) >= 11 is 0. The summed E-state index contributed by atoms with van der Waals surface area (Å²) in [5.74, 6) is -1.48. The molecule has 0 saturated carbocycles. The van der Waals surface area contributed by atoms with Crippen LogP contribution in [0.1, 0.15) is 6.92 Å². The van der Waals surface area contributed by atoms with E-state index in [1.165, 1.54) is 0 Å². The smallest absolute Gasteiger partial charge is 0.481 e. The fraction of sp³-hybridized carbons (Fsp3) is 0.667. The Morgan fingerprint density at radius 3 is 1.62 bits per heavy atom. The van der Waals surface area contributed by atoms with Gasteiger partial charge in [-0.15, -0.1) is 9.79 Å². The van der Waals surface area contributed by atoms with Gasteiger partial charge in [-0.05, 0) is 6.92 Å². The van der Waals surface area contributed by atoms with E-state index in [4.69, 9.17) is 29.2 Å². The van der Waals surface area contributed by atoms with Crippen molar-refractivity contribution in [1.82, 2.24) is 0 Å². The van der Waals surface area contributed by atoms with Gasteiger partial charge in [-0.1, -0.05) is 0 Å². The molecule has 8 nitrogen and oxygen atoms in total. The number of hydrogen-bond donors (Lipinski definition) is 5. The lowest BCUT2D eigenvalue weighted by Crippen LogP contribution is -2.15. The lowest BCUT2D eigenvalue weighted by Gasteiger charge is -2.06. The van der Waals surface area contributed by atoms with Gasteiger partial charge in [-0.2, -0.15) is 0 Å². The molecule has 0 aromatic heterocycles. The molecule has 0 radical (unpaired) electrons. The monoisotopic (exact) mass is 235 g/mol. The molecule has 0 spiro atoms. The minimum absolute atomic E-state index is 0.961. The second-order valence-electron chi connectivity index (χ2n) is 1.86. The standard InChI is InChI=1S/C3H7O5P.HO3P/c1-2(3(4)5)9(6,7)8;1-4(2)3/h2H,1H3,(H,4,5)(H2,6,7,8);(H-,1,2,3)/p+1. The fourth-order valence-electron chi connectivity index (χ4n) is 0.144. The Kier molecular flexibility index (Phi) is 7.15. The van der Waals surface area contributed by atoms with E-state index in [9.17, 15) is 9.36 Å². The van der Waals surface area contributed by atoms with Gasteiger partial charge in [0, 0.05) is 4.57 Å². The zero-order chi connectivity index (χ0) is 11.2. The van der Waals surface area contributed by atoms with Crippen LogP contribution in [0.5, 0.6) is 0 Å². The molecule has 0 bridgehead atoms. The van der Waals surface area contributed by atoms with Gasteiger partial charge in [0.05, 0.1) is 0 Å². The fourth-order valence-corrected chi connectivity index (χ4v) is 0.432. The van der Waals surface area contributed by atoms with Crippen LogP contribution in [0.4, 0.5) is 0 Å². The Labute approximate surface area is 73.9 Å². The molecule has 0 saturated heterocycles. The molecule has 5 N–H and O–H groups in total. The molecular formula is C3H9O8P2+. The Hall–Kier alpha value is -0.360. The molecule has 0 amide bonds. The van der Waals surface area contributed by atoms with Gasteiger partial charge in [0.2, 0.25) is 0 Å². The van der Waals surface area contributed by atoms with Crippen molar-refractivity contribution in [3.63, 3.8) is 0 Å². The zero-order valence-corrected chi connectivity index (χ0v) is 8.22. The Morgan fingerprint density at radius 2 is 1.62 bits per heavy atom. The predicted octanol–water partition coefficient (Wildman–Crippen LogP) is -0.734. The summed E-state index contributed by atoms with van der Waals surface area (Å²) in [4.78, 5) is 40.5. The average Bonchev–Trinajstić information content (AvgIpc) is 1.82. The lowest BCUT2D eigenvalue weighted by atomic mass is 10.5. The van der Waals surface area contributed by atoms with Gasteiger partial charge in [-0.25, -0.2) is 0 Å². The summed E-state index contributed by atoms with van der Waals surface area (Å²) in [5.41, 5.74) is -1.60. The van der Waals surface area contributed by atoms with Crippen LogP contribution in [0, 0.1) is 0 Å². The number of rotatable bonds is 2. The minimum atomic E-state index is -4.41. The number of carboxylic acids is 1. The summed E-state index contributed by atoms with van der Waals surface area (Å²) in [5, 5.41) is 8.03. The van der Waals surface area contributed by atoms with Gasteiger partial charge in [0.15, 0.2) is 5.66 Å². The van der Waals surface area contributed by atoms with Gasteiger partial charge >= 0.3 is 21.8 Å². The Morgan fingerprint density at radius 1 is 1.38 bits per heavy atom. The molecule has 0 aromatic rings. The van der Waals surface area contributed by atoms with Crippen LogP contribution < -0.4 is 0 Å². The number of carboxylic acid groups (broad SMARTS) is 1. The van der Waals surface area contributed by atoms with Crippen LogP contribution >= 0.6 is 15.9 Å². The molecule has 1 atom stereocenters. The summed E-state index contributed by atoms with van der Waals surface area (Å²) < 4.78 is 18.8. The SMILES string of the molecule is CC(C(=O)O)P(=O)(O)O.O=[P+](O)O. The zero-order valence-electron chi connectivity index (χ0n) is 6.43. The third-order valence-electron chi connectivity index (χ3n) is 0.862. The molecular weight excluding hydrogens is 226 g/mol. The molecule has 0 aliphatic heterocycles.